The number of amides is 1. The molecular weight excluding hydrogens is 338 g/mol. The van der Waals surface area contributed by atoms with E-state index in [0.717, 1.165) is 5.56 Å². The molecule has 1 N–H and O–H groups in total. The van der Waals surface area contributed by atoms with E-state index in [4.69, 9.17) is 16.3 Å². The maximum atomic E-state index is 12.0. The lowest BCUT2D eigenvalue weighted by atomic mass is 10.2. The van der Waals surface area contributed by atoms with Crippen molar-refractivity contribution in [2.45, 2.75) is 12.1 Å². The number of esters is 1. The van der Waals surface area contributed by atoms with Gasteiger partial charge in [0, 0.05) is 5.69 Å². The maximum absolute atomic E-state index is 12.0. The Balaban J connectivity index is 1.96. The van der Waals surface area contributed by atoms with E-state index in [9.17, 15) is 9.59 Å². The van der Waals surface area contributed by atoms with Gasteiger partial charge in [-0.2, -0.15) is 0 Å². The van der Waals surface area contributed by atoms with Gasteiger partial charge in [-0.3, -0.25) is 4.79 Å². The van der Waals surface area contributed by atoms with Crippen molar-refractivity contribution < 1.29 is 14.3 Å². The smallest absolute Gasteiger partial charge is 0.359 e. The first kappa shape index (κ1) is 17.2. The van der Waals surface area contributed by atoms with Crippen molar-refractivity contribution in [2.24, 2.45) is 0 Å². The van der Waals surface area contributed by atoms with Gasteiger partial charge < -0.3 is 10.1 Å². The maximum Gasteiger partial charge on any atom is 0.359 e. The van der Waals surface area contributed by atoms with Gasteiger partial charge in [0.15, 0.2) is 17.5 Å². The van der Waals surface area contributed by atoms with E-state index in [0.29, 0.717) is 10.8 Å². The number of thioether (sulfide) groups is 1. The Morgan fingerprint density at radius 1 is 1.35 bits per heavy atom. The Morgan fingerprint density at radius 2 is 2.09 bits per heavy atom. The van der Waals surface area contributed by atoms with E-state index >= 15 is 0 Å². The molecule has 1 heterocycles. The summed E-state index contributed by atoms with van der Waals surface area (Å²) in [6.07, 6.45) is 3.10. The first-order valence-electron chi connectivity index (χ1n) is 6.60. The number of para-hydroxylation sites is 1. The van der Waals surface area contributed by atoms with Crippen molar-refractivity contribution in [3.05, 3.63) is 46.7 Å². The van der Waals surface area contributed by atoms with E-state index in [-0.39, 0.29) is 10.7 Å². The Morgan fingerprint density at radius 3 is 2.78 bits per heavy atom. The number of hydrogen-bond acceptors (Lipinski definition) is 6. The third-order valence-electron chi connectivity index (χ3n) is 2.85. The van der Waals surface area contributed by atoms with Crippen LogP contribution in [0.2, 0.25) is 5.02 Å². The summed E-state index contributed by atoms with van der Waals surface area (Å²) in [6, 6.07) is 7.30. The van der Waals surface area contributed by atoms with Crippen LogP contribution in [-0.2, 0) is 9.53 Å². The molecule has 23 heavy (non-hydrogen) atoms. The molecule has 2 rings (SSSR count). The highest BCUT2D eigenvalue weighted by Gasteiger charge is 2.17. The van der Waals surface area contributed by atoms with Crippen LogP contribution in [0.1, 0.15) is 16.1 Å². The molecule has 1 amide bonds. The molecular formula is C15H14ClN3O3S. The molecule has 0 fully saturated rings. The molecule has 0 atom stereocenters. The second-order valence-corrected chi connectivity index (χ2v) is 5.67. The minimum atomic E-state index is -0.771. The molecule has 0 aliphatic heterocycles. The van der Waals surface area contributed by atoms with Crippen LogP contribution >= 0.6 is 23.4 Å². The Bertz CT molecular complexity index is 740. The Kier molecular flexibility index (Phi) is 5.95. The van der Waals surface area contributed by atoms with Crippen LogP contribution < -0.4 is 5.32 Å². The van der Waals surface area contributed by atoms with Crippen LogP contribution in [0, 0.1) is 6.92 Å². The molecule has 0 bridgehead atoms. The molecule has 2 aromatic rings. The van der Waals surface area contributed by atoms with Crippen molar-refractivity contribution in [1.29, 1.82) is 0 Å². The number of benzene rings is 1. The van der Waals surface area contributed by atoms with Crippen LogP contribution in [-0.4, -0.2) is 34.7 Å². The molecule has 1 aromatic carbocycles. The number of carbonyl (C=O) groups excluding carboxylic acids is 2. The second kappa shape index (κ2) is 7.94. The van der Waals surface area contributed by atoms with Crippen LogP contribution in [0.15, 0.2) is 35.6 Å². The number of carbonyl (C=O) groups is 2. The third kappa shape index (κ3) is 4.67. The largest absolute Gasteiger partial charge is 0.451 e. The fourth-order valence-corrected chi connectivity index (χ4v) is 2.20. The number of hydrogen-bond donors (Lipinski definition) is 1. The van der Waals surface area contributed by atoms with Crippen LogP contribution in [0.25, 0.3) is 0 Å². The monoisotopic (exact) mass is 351 g/mol. The second-order valence-electron chi connectivity index (χ2n) is 4.49. The number of nitrogens with one attached hydrogen (secondary N) is 1. The summed E-state index contributed by atoms with van der Waals surface area (Å²) in [5, 5.41) is 3.14. The molecule has 0 aliphatic carbocycles. The predicted octanol–water partition coefficient (Wildman–Crippen LogP) is 2.96. The zero-order valence-electron chi connectivity index (χ0n) is 12.5. The lowest BCUT2D eigenvalue weighted by Gasteiger charge is -2.09. The molecule has 0 unspecified atom stereocenters. The SMILES string of the molecule is CSc1ncc(Cl)c(C(=O)OCC(=O)Nc2ccccc2C)n1. The van der Waals surface area contributed by atoms with Crippen molar-refractivity contribution in [3.63, 3.8) is 0 Å². The van der Waals surface area contributed by atoms with E-state index in [2.05, 4.69) is 15.3 Å². The number of anilines is 1. The summed E-state index contributed by atoms with van der Waals surface area (Å²) in [7, 11) is 0. The minimum absolute atomic E-state index is 0.0605. The van der Waals surface area contributed by atoms with Gasteiger partial charge in [-0.25, -0.2) is 14.8 Å². The first-order valence-corrected chi connectivity index (χ1v) is 8.20. The molecule has 1 aromatic heterocycles. The first-order chi connectivity index (χ1) is 11.0. The predicted molar refractivity (Wildman–Crippen MR) is 88.9 cm³/mol. The number of nitrogens with zero attached hydrogens (tertiary/aromatic N) is 2. The van der Waals surface area contributed by atoms with Crippen LogP contribution in [0.4, 0.5) is 5.69 Å². The summed E-state index contributed by atoms with van der Waals surface area (Å²) < 4.78 is 4.95. The summed E-state index contributed by atoms with van der Waals surface area (Å²) in [4.78, 5) is 31.7. The number of halogens is 1. The fraction of sp³-hybridized carbons (Fsp3) is 0.200. The van der Waals surface area contributed by atoms with Crippen molar-refractivity contribution >= 4 is 40.9 Å². The molecule has 0 saturated carbocycles. The Hall–Kier alpha value is -2.12. The summed E-state index contributed by atoms with van der Waals surface area (Å²) >= 11 is 7.15. The standard InChI is InChI=1S/C15H14ClN3O3S/c1-9-5-3-4-6-11(9)18-12(20)8-22-14(21)13-10(16)7-17-15(19-13)23-2/h3-7H,8H2,1-2H3,(H,18,20). The number of aromatic nitrogens is 2. The zero-order chi connectivity index (χ0) is 16.8. The van der Waals surface area contributed by atoms with Crippen LogP contribution in [0.5, 0.6) is 0 Å². The van der Waals surface area contributed by atoms with E-state index in [1.165, 1.54) is 18.0 Å². The van der Waals surface area contributed by atoms with E-state index < -0.39 is 18.5 Å². The molecule has 8 heteroatoms. The molecule has 6 nitrogen and oxygen atoms in total. The fourth-order valence-electron chi connectivity index (χ4n) is 1.69. The normalized spacial score (nSPS) is 10.2. The zero-order valence-corrected chi connectivity index (χ0v) is 14.1. The van der Waals surface area contributed by atoms with Gasteiger partial charge in [-0.1, -0.05) is 41.6 Å². The van der Waals surface area contributed by atoms with Crippen molar-refractivity contribution in [2.75, 3.05) is 18.2 Å². The number of aryl methyl sites for hydroxylation is 1. The molecule has 120 valence electrons. The summed E-state index contributed by atoms with van der Waals surface area (Å²) in [6.45, 7) is 1.44. The third-order valence-corrected chi connectivity index (χ3v) is 3.69. The van der Waals surface area contributed by atoms with Crippen molar-refractivity contribution in [3.8, 4) is 0 Å². The average Bonchev–Trinajstić information content (AvgIpc) is 2.55. The van der Waals surface area contributed by atoms with Gasteiger partial charge in [0.2, 0.25) is 0 Å². The lowest BCUT2D eigenvalue weighted by Crippen LogP contribution is -2.22. The van der Waals surface area contributed by atoms with Gasteiger partial charge in [0.1, 0.15) is 0 Å². The highest BCUT2D eigenvalue weighted by Crippen LogP contribution is 2.17. The summed E-state index contributed by atoms with van der Waals surface area (Å²) in [5.41, 5.74) is 1.52. The van der Waals surface area contributed by atoms with Gasteiger partial charge in [-0.05, 0) is 24.8 Å². The van der Waals surface area contributed by atoms with Gasteiger partial charge >= 0.3 is 5.97 Å². The van der Waals surface area contributed by atoms with E-state index in [1.807, 2.05) is 19.1 Å². The highest BCUT2D eigenvalue weighted by atomic mass is 35.5. The van der Waals surface area contributed by atoms with E-state index in [1.54, 1.807) is 18.4 Å². The summed E-state index contributed by atoms with van der Waals surface area (Å²) in [5.74, 6) is -1.21. The molecule has 0 aliphatic rings. The van der Waals surface area contributed by atoms with Gasteiger partial charge in [0.05, 0.1) is 11.2 Å². The van der Waals surface area contributed by atoms with Crippen LogP contribution in [0.3, 0.4) is 0 Å². The van der Waals surface area contributed by atoms with Crippen molar-refractivity contribution in [1.82, 2.24) is 9.97 Å². The Labute approximate surface area is 142 Å². The molecule has 0 saturated heterocycles. The quantitative estimate of drug-likeness (QED) is 0.506. The average molecular weight is 352 g/mol. The lowest BCUT2D eigenvalue weighted by molar-refractivity contribution is -0.119. The number of ether oxygens (including phenoxy) is 1. The molecule has 0 radical (unpaired) electrons. The molecule has 0 spiro atoms. The van der Waals surface area contributed by atoms with Gasteiger partial charge in [-0.15, -0.1) is 0 Å². The highest BCUT2D eigenvalue weighted by molar-refractivity contribution is 7.98. The minimum Gasteiger partial charge on any atom is -0.451 e. The number of rotatable bonds is 5. The van der Waals surface area contributed by atoms with Gasteiger partial charge in [0.25, 0.3) is 5.91 Å². The topological polar surface area (TPSA) is 81.2 Å².